The topological polar surface area (TPSA) is 77.3 Å². The maximum absolute atomic E-state index is 13.4. The first-order valence-corrected chi connectivity index (χ1v) is 10.3. The zero-order valence-corrected chi connectivity index (χ0v) is 17.6. The molecule has 1 atom stereocenters. The molecule has 7 nitrogen and oxygen atoms in total. The van der Waals surface area contributed by atoms with Gasteiger partial charge in [-0.15, -0.1) is 0 Å². The van der Waals surface area contributed by atoms with Gasteiger partial charge in [-0.2, -0.15) is 0 Å². The molecular formula is C23H29N3O4. The number of fused-ring (bicyclic) bond motifs is 1. The molecule has 30 heavy (non-hydrogen) atoms. The minimum Gasteiger partial charge on any atom is -0.493 e. The Hall–Kier alpha value is -2.77. The molecule has 2 aliphatic heterocycles. The van der Waals surface area contributed by atoms with Crippen molar-refractivity contribution in [3.05, 3.63) is 53.1 Å². The van der Waals surface area contributed by atoms with Crippen LogP contribution in [0.15, 0.2) is 36.4 Å². The molecule has 0 aliphatic carbocycles. The predicted molar refractivity (Wildman–Crippen MR) is 115 cm³/mol. The van der Waals surface area contributed by atoms with Gasteiger partial charge in [0.1, 0.15) is 0 Å². The number of morpholine rings is 1. The van der Waals surface area contributed by atoms with Crippen molar-refractivity contribution in [1.29, 1.82) is 0 Å². The lowest BCUT2D eigenvalue weighted by Crippen LogP contribution is -2.48. The van der Waals surface area contributed by atoms with Crippen molar-refractivity contribution in [3.8, 4) is 11.5 Å². The fourth-order valence-electron chi connectivity index (χ4n) is 4.34. The fraction of sp³-hybridized carbons (Fsp3) is 0.435. The average Bonchev–Trinajstić information content (AvgIpc) is 2.77. The summed E-state index contributed by atoms with van der Waals surface area (Å²) < 4.78 is 16.5. The Balaban J connectivity index is 1.72. The zero-order chi connectivity index (χ0) is 21.1. The number of hydrogen-bond acceptors (Lipinski definition) is 6. The lowest BCUT2D eigenvalue weighted by Gasteiger charge is -2.39. The van der Waals surface area contributed by atoms with Gasteiger partial charge >= 0.3 is 0 Å². The van der Waals surface area contributed by atoms with Crippen LogP contribution in [0, 0.1) is 0 Å². The van der Waals surface area contributed by atoms with Crippen molar-refractivity contribution < 1.29 is 19.0 Å². The van der Waals surface area contributed by atoms with Gasteiger partial charge in [0.15, 0.2) is 11.5 Å². The summed E-state index contributed by atoms with van der Waals surface area (Å²) in [6.45, 7) is 3.95. The maximum atomic E-state index is 13.4. The first-order chi connectivity index (χ1) is 14.6. The molecule has 0 spiro atoms. The first kappa shape index (κ1) is 20.5. The Kier molecular flexibility index (Phi) is 6.11. The van der Waals surface area contributed by atoms with Crippen LogP contribution in [-0.2, 0) is 16.0 Å². The molecule has 0 bridgehead atoms. The Morgan fingerprint density at radius 2 is 1.83 bits per heavy atom. The molecule has 2 N–H and O–H groups in total. The van der Waals surface area contributed by atoms with Crippen LogP contribution in [0.3, 0.4) is 0 Å². The maximum Gasteiger partial charge on any atom is 0.237 e. The number of carbonyl (C=O) groups is 1. The SMILES string of the molecule is COc1cc2c(cc1OC)C(c1cccc(N)c1)N(C(=O)CN1CCOCC1)CC2. The highest BCUT2D eigenvalue weighted by atomic mass is 16.5. The van der Waals surface area contributed by atoms with Crippen LogP contribution in [0.4, 0.5) is 5.69 Å². The number of ether oxygens (including phenoxy) is 3. The monoisotopic (exact) mass is 411 g/mol. The molecule has 2 heterocycles. The normalized spacial score (nSPS) is 19.3. The molecule has 0 radical (unpaired) electrons. The van der Waals surface area contributed by atoms with Crippen LogP contribution in [0.1, 0.15) is 22.7 Å². The van der Waals surface area contributed by atoms with Crippen LogP contribution in [-0.4, -0.2) is 69.3 Å². The molecular weight excluding hydrogens is 382 g/mol. The molecule has 7 heteroatoms. The summed E-state index contributed by atoms with van der Waals surface area (Å²) in [6, 6.07) is 11.6. The third-order valence-electron chi connectivity index (χ3n) is 5.88. The Bertz CT molecular complexity index is 911. The van der Waals surface area contributed by atoms with Crippen molar-refractivity contribution in [1.82, 2.24) is 9.80 Å². The summed E-state index contributed by atoms with van der Waals surface area (Å²) >= 11 is 0. The second-order valence-electron chi connectivity index (χ2n) is 7.70. The summed E-state index contributed by atoms with van der Waals surface area (Å²) in [6.07, 6.45) is 0.767. The number of nitrogen functional groups attached to an aromatic ring is 1. The summed E-state index contributed by atoms with van der Waals surface area (Å²) in [7, 11) is 3.27. The molecule has 1 fully saturated rings. The van der Waals surface area contributed by atoms with E-state index in [0.717, 1.165) is 36.2 Å². The molecule has 1 amide bonds. The number of nitrogens with two attached hydrogens (primary N) is 1. The van der Waals surface area contributed by atoms with E-state index in [1.165, 1.54) is 0 Å². The number of methoxy groups -OCH3 is 2. The van der Waals surface area contributed by atoms with Crippen molar-refractivity contribution in [2.24, 2.45) is 0 Å². The Labute approximate surface area is 177 Å². The van der Waals surface area contributed by atoms with E-state index in [-0.39, 0.29) is 11.9 Å². The van der Waals surface area contributed by atoms with Crippen molar-refractivity contribution in [2.75, 3.05) is 59.3 Å². The Morgan fingerprint density at radius 3 is 2.53 bits per heavy atom. The van der Waals surface area contributed by atoms with E-state index in [9.17, 15) is 4.79 Å². The number of hydrogen-bond donors (Lipinski definition) is 1. The highest BCUT2D eigenvalue weighted by molar-refractivity contribution is 5.80. The predicted octanol–water partition coefficient (Wildman–Crippen LogP) is 2.09. The summed E-state index contributed by atoms with van der Waals surface area (Å²) in [5.41, 5.74) is 9.99. The van der Waals surface area contributed by atoms with Crippen LogP contribution >= 0.6 is 0 Å². The van der Waals surface area contributed by atoms with Crippen molar-refractivity contribution >= 4 is 11.6 Å². The van der Waals surface area contributed by atoms with Gasteiger partial charge in [0.05, 0.1) is 40.0 Å². The van der Waals surface area contributed by atoms with Crippen LogP contribution in [0.2, 0.25) is 0 Å². The molecule has 1 saturated heterocycles. The Morgan fingerprint density at radius 1 is 1.10 bits per heavy atom. The quantitative estimate of drug-likeness (QED) is 0.760. The van der Waals surface area contributed by atoms with Gasteiger partial charge in [0, 0.05) is 25.3 Å². The molecule has 2 aliphatic rings. The van der Waals surface area contributed by atoms with Gasteiger partial charge in [-0.25, -0.2) is 0 Å². The molecule has 0 saturated carbocycles. The van der Waals surface area contributed by atoms with Gasteiger partial charge in [-0.05, 0) is 47.4 Å². The van der Waals surface area contributed by atoms with Gasteiger partial charge in [-0.1, -0.05) is 12.1 Å². The van der Waals surface area contributed by atoms with Crippen molar-refractivity contribution in [2.45, 2.75) is 12.5 Å². The summed E-state index contributed by atoms with van der Waals surface area (Å²) in [5, 5.41) is 0. The minimum absolute atomic E-state index is 0.116. The highest BCUT2D eigenvalue weighted by Crippen LogP contribution is 2.41. The minimum atomic E-state index is -0.217. The second-order valence-corrected chi connectivity index (χ2v) is 7.70. The number of rotatable bonds is 5. The smallest absolute Gasteiger partial charge is 0.237 e. The van der Waals surface area contributed by atoms with Gasteiger partial charge in [0.2, 0.25) is 5.91 Å². The van der Waals surface area contributed by atoms with E-state index in [1.807, 2.05) is 41.3 Å². The average molecular weight is 412 g/mol. The first-order valence-electron chi connectivity index (χ1n) is 10.3. The van der Waals surface area contributed by atoms with Gasteiger partial charge < -0.3 is 24.8 Å². The van der Waals surface area contributed by atoms with E-state index in [4.69, 9.17) is 19.9 Å². The summed E-state index contributed by atoms with van der Waals surface area (Å²) in [5.74, 6) is 1.48. The number of nitrogens with zero attached hydrogens (tertiary/aromatic N) is 2. The van der Waals surface area contributed by atoms with Crippen molar-refractivity contribution in [3.63, 3.8) is 0 Å². The van der Waals surface area contributed by atoms with E-state index >= 15 is 0 Å². The number of benzene rings is 2. The zero-order valence-electron chi connectivity index (χ0n) is 17.6. The van der Waals surface area contributed by atoms with Gasteiger partial charge in [0.25, 0.3) is 0 Å². The van der Waals surface area contributed by atoms with E-state index in [2.05, 4.69) is 4.90 Å². The third kappa shape index (κ3) is 4.08. The second kappa shape index (κ2) is 8.93. The van der Waals surface area contributed by atoms with E-state index in [1.54, 1.807) is 14.2 Å². The van der Waals surface area contributed by atoms with E-state index in [0.29, 0.717) is 43.5 Å². The molecule has 4 rings (SSSR count). The summed E-state index contributed by atoms with van der Waals surface area (Å²) in [4.78, 5) is 17.5. The number of carbonyl (C=O) groups excluding carboxylic acids is 1. The van der Waals surface area contributed by atoms with Crippen LogP contribution in [0.25, 0.3) is 0 Å². The number of amides is 1. The molecule has 160 valence electrons. The van der Waals surface area contributed by atoms with Crippen LogP contribution < -0.4 is 15.2 Å². The fourth-order valence-corrected chi connectivity index (χ4v) is 4.34. The van der Waals surface area contributed by atoms with Crippen LogP contribution in [0.5, 0.6) is 11.5 Å². The molecule has 2 aromatic rings. The number of anilines is 1. The molecule has 0 aromatic heterocycles. The van der Waals surface area contributed by atoms with E-state index < -0.39 is 0 Å². The standard InChI is InChI=1S/C23H29N3O4/c1-28-20-13-16-6-7-26(22(27)15-25-8-10-30-11-9-25)23(19(16)14-21(20)29-2)17-4-3-5-18(24)12-17/h3-5,12-14,23H,6-11,15,24H2,1-2H3. The lowest BCUT2D eigenvalue weighted by atomic mass is 9.87. The largest absolute Gasteiger partial charge is 0.493 e. The highest BCUT2D eigenvalue weighted by Gasteiger charge is 2.34. The molecule has 2 aromatic carbocycles. The third-order valence-corrected chi connectivity index (χ3v) is 5.88. The van der Waals surface area contributed by atoms with Gasteiger partial charge in [-0.3, -0.25) is 9.69 Å². The lowest BCUT2D eigenvalue weighted by molar-refractivity contribution is -0.135. The molecule has 1 unspecified atom stereocenters.